The van der Waals surface area contributed by atoms with Crippen LogP contribution in [-0.2, 0) is 6.42 Å². The van der Waals surface area contributed by atoms with Crippen LogP contribution in [0.4, 0.5) is 0 Å². The zero-order valence-corrected chi connectivity index (χ0v) is 14.5. The topological polar surface area (TPSA) is 21.3 Å². The number of methoxy groups -OCH3 is 1. The molecule has 4 heteroatoms. The summed E-state index contributed by atoms with van der Waals surface area (Å²) in [7, 11) is 1.70. The second kappa shape index (κ2) is 7.83. The minimum absolute atomic E-state index is 0.191. The van der Waals surface area contributed by atoms with E-state index >= 15 is 0 Å². The summed E-state index contributed by atoms with van der Waals surface area (Å²) >= 11 is 9.56. The largest absolute Gasteiger partial charge is 0.496 e. The lowest BCUT2D eigenvalue weighted by Crippen LogP contribution is -2.23. The lowest BCUT2D eigenvalue weighted by Gasteiger charge is -2.21. The van der Waals surface area contributed by atoms with Crippen LogP contribution < -0.4 is 10.1 Å². The van der Waals surface area contributed by atoms with Gasteiger partial charge in [0.25, 0.3) is 0 Å². The Bertz CT molecular complexity index is 603. The Balaban J connectivity index is 2.30. The van der Waals surface area contributed by atoms with Crippen molar-refractivity contribution in [1.29, 1.82) is 0 Å². The van der Waals surface area contributed by atoms with Crippen molar-refractivity contribution in [2.24, 2.45) is 0 Å². The second-order valence-electron chi connectivity index (χ2n) is 4.83. The Morgan fingerprint density at radius 2 is 2.05 bits per heavy atom. The van der Waals surface area contributed by atoms with Crippen LogP contribution in [0.3, 0.4) is 0 Å². The van der Waals surface area contributed by atoms with Gasteiger partial charge in [0.1, 0.15) is 5.75 Å². The number of benzene rings is 2. The lowest BCUT2D eigenvalue weighted by molar-refractivity contribution is 0.399. The van der Waals surface area contributed by atoms with Crippen molar-refractivity contribution in [1.82, 2.24) is 5.32 Å². The monoisotopic (exact) mass is 367 g/mol. The summed E-state index contributed by atoms with van der Waals surface area (Å²) in [5, 5.41) is 4.29. The summed E-state index contributed by atoms with van der Waals surface area (Å²) in [5.74, 6) is 0.886. The van der Waals surface area contributed by atoms with Gasteiger partial charge in [-0.3, -0.25) is 0 Å². The van der Waals surface area contributed by atoms with Gasteiger partial charge >= 0.3 is 0 Å². The summed E-state index contributed by atoms with van der Waals surface area (Å²) in [4.78, 5) is 0. The Morgan fingerprint density at radius 1 is 1.24 bits per heavy atom. The molecule has 0 fully saturated rings. The molecule has 112 valence electrons. The molecule has 0 aromatic heterocycles. The summed E-state index contributed by atoms with van der Waals surface area (Å²) < 4.78 is 6.53. The van der Waals surface area contributed by atoms with Crippen molar-refractivity contribution in [3.8, 4) is 5.75 Å². The van der Waals surface area contributed by atoms with Crippen molar-refractivity contribution < 1.29 is 4.74 Å². The zero-order valence-electron chi connectivity index (χ0n) is 12.2. The standard InChI is InChI=1S/C17H19BrClNO/c1-3-20-16(10-12-5-4-6-14(19)9-12)15-8-7-13(18)11-17(15)21-2/h4-9,11,16,20H,3,10H2,1-2H3. The highest BCUT2D eigenvalue weighted by atomic mass is 79.9. The number of rotatable bonds is 6. The SMILES string of the molecule is CCNC(Cc1cccc(Cl)c1)c1ccc(Br)cc1OC. The fourth-order valence-electron chi connectivity index (χ4n) is 2.41. The molecule has 0 radical (unpaired) electrons. The minimum atomic E-state index is 0.191. The number of likely N-dealkylation sites (N-methyl/N-ethyl adjacent to an activating group) is 1. The zero-order chi connectivity index (χ0) is 15.2. The average molecular weight is 369 g/mol. The van der Waals surface area contributed by atoms with E-state index < -0.39 is 0 Å². The molecule has 0 saturated heterocycles. The molecule has 0 bridgehead atoms. The molecule has 1 atom stereocenters. The van der Waals surface area contributed by atoms with Crippen molar-refractivity contribution in [3.05, 3.63) is 63.1 Å². The Labute approximate surface area is 139 Å². The van der Waals surface area contributed by atoms with Gasteiger partial charge in [0.05, 0.1) is 7.11 Å². The summed E-state index contributed by atoms with van der Waals surface area (Å²) in [6.07, 6.45) is 0.867. The molecule has 2 aromatic carbocycles. The first-order valence-corrected chi connectivity index (χ1v) is 8.12. The molecule has 0 aliphatic heterocycles. The highest BCUT2D eigenvalue weighted by Crippen LogP contribution is 2.30. The molecule has 2 nitrogen and oxygen atoms in total. The first kappa shape index (κ1) is 16.3. The fourth-order valence-corrected chi connectivity index (χ4v) is 2.96. The smallest absolute Gasteiger partial charge is 0.124 e. The van der Waals surface area contributed by atoms with E-state index in [0.717, 1.165) is 33.8 Å². The first-order chi connectivity index (χ1) is 10.1. The van der Waals surface area contributed by atoms with Gasteiger partial charge in [-0.1, -0.05) is 52.7 Å². The molecule has 0 spiro atoms. The van der Waals surface area contributed by atoms with Crippen molar-refractivity contribution >= 4 is 27.5 Å². The van der Waals surface area contributed by atoms with Gasteiger partial charge in [0.15, 0.2) is 0 Å². The van der Waals surface area contributed by atoms with E-state index in [2.05, 4.69) is 40.3 Å². The molecule has 21 heavy (non-hydrogen) atoms. The van der Waals surface area contributed by atoms with Gasteiger partial charge in [0, 0.05) is 21.1 Å². The van der Waals surface area contributed by atoms with Crippen LogP contribution in [0.25, 0.3) is 0 Å². The lowest BCUT2D eigenvalue weighted by atomic mass is 9.98. The number of hydrogen-bond donors (Lipinski definition) is 1. The number of halogens is 2. The van der Waals surface area contributed by atoms with Crippen molar-refractivity contribution in [2.75, 3.05) is 13.7 Å². The van der Waals surface area contributed by atoms with Gasteiger partial charge in [-0.05, 0) is 42.8 Å². The Hall–Kier alpha value is -1.03. The molecule has 2 rings (SSSR count). The molecule has 1 N–H and O–H groups in total. The van der Waals surface area contributed by atoms with Gasteiger partial charge in [-0.2, -0.15) is 0 Å². The summed E-state index contributed by atoms with van der Waals surface area (Å²) in [5.41, 5.74) is 2.36. The molecule has 0 heterocycles. The van der Waals surface area contributed by atoms with E-state index in [1.165, 1.54) is 5.56 Å². The van der Waals surface area contributed by atoms with E-state index in [1.54, 1.807) is 7.11 Å². The molecule has 0 aliphatic rings. The van der Waals surface area contributed by atoms with Crippen LogP contribution in [0.2, 0.25) is 5.02 Å². The molecule has 0 amide bonds. The Morgan fingerprint density at radius 3 is 2.71 bits per heavy atom. The van der Waals surface area contributed by atoms with Crippen LogP contribution in [0.1, 0.15) is 24.1 Å². The summed E-state index contributed by atoms with van der Waals surface area (Å²) in [6, 6.07) is 14.3. The molecule has 0 aliphatic carbocycles. The van der Waals surface area contributed by atoms with Gasteiger partial charge in [-0.15, -0.1) is 0 Å². The molecular weight excluding hydrogens is 350 g/mol. The summed E-state index contributed by atoms with van der Waals surface area (Å²) in [6.45, 7) is 3.00. The minimum Gasteiger partial charge on any atom is -0.496 e. The van der Waals surface area contributed by atoms with Crippen LogP contribution in [-0.4, -0.2) is 13.7 Å². The number of hydrogen-bond acceptors (Lipinski definition) is 2. The normalized spacial score (nSPS) is 12.2. The van der Waals surface area contributed by atoms with E-state index in [-0.39, 0.29) is 6.04 Å². The van der Waals surface area contributed by atoms with E-state index in [9.17, 15) is 0 Å². The van der Waals surface area contributed by atoms with Crippen LogP contribution in [0, 0.1) is 0 Å². The Kier molecular flexibility index (Phi) is 6.09. The quantitative estimate of drug-likeness (QED) is 0.774. The molecule has 1 unspecified atom stereocenters. The third-order valence-corrected chi connectivity index (χ3v) is 4.08. The maximum absolute atomic E-state index is 6.08. The van der Waals surface area contributed by atoms with Gasteiger partial charge in [0.2, 0.25) is 0 Å². The third-order valence-electron chi connectivity index (χ3n) is 3.35. The second-order valence-corrected chi connectivity index (χ2v) is 6.18. The number of ether oxygens (including phenoxy) is 1. The van der Waals surface area contributed by atoms with Crippen molar-refractivity contribution in [2.45, 2.75) is 19.4 Å². The fraction of sp³-hybridized carbons (Fsp3) is 0.294. The maximum atomic E-state index is 6.08. The van der Waals surface area contributed by atoms with Crippen molar-refractivity contribution in [3.63, 3.8) is 0 Å². The van der Waals surface area contributed by atoms with E-state index in [0.29, 0.717) is 0 Å². The van der Waals surface area contributed by atoms with E-state index in [1.807, 2.05) is 30.3 Å². The first-order valence-electron chi connectivity index (χ1n) is 6.95. The molecular formula is C17H19BrClNO. The average Bonchev–Trinajstić information content (AvgIpc) is 2.47. The maximum Gasteiger partial charge on any atom is 0.124 e. The van der Waals surface area contributed by atoms with Crippen LogP contribution >= 0.6 is 27.5 Å². The van der Waals surface area contributed by atoms with Crippen LogP contribution in [0.5, 0.6) is 5.75 Å². The predicted molar refractivity (Wildman–Crippen MR) is 92.3 cm³/mol. The third kappa shape index (κ3) is 4.47. The highest BCUT2D eigenvalue weighted by Gasteiger charge is 2.16. The van der Waals surface area contributed by atoms with Crippen LogP contribution in [0.15, 0.2) is 46.9 Å². The van der Waals surface area contributed by atoms with Gasteiger partial charge < -0.3 is 10.1 Å². The highest BCUT2D eigenvalue weighted by molar-refractivity contribution is 9.10. The predicted octanol–water partition coefficient (Wildman–Crippen LogP) is 5.00. The number of nitrogens with one attached hydrogen (secondary N) is 1. The van der Waals surface area contributed by atoms with E-state index in [4.69, 9.17) is 16.3 Å². The molecule has 0 saturated carbocycles. The van der Waals surface area contributed by atoms with Gasteiger partial charge in [-0.25, -0.2) is 0 Å². The molecule has 2 aromatic rings.